The Kier molecular flexibility index (Phi) is 5.46. The molecular formula is C22H26N4O2. The van der Waals surface area contributed by atoms with Crippen LogP contribution in [0.1, 0.15) is 32.1 Å². The molecule has 0 amide bonds. The van der Waals surface area contributed by atoms with Gasteiger partial charge in [-0.2, -0.15) is 4.98 Å². The van der Waals surface area contributed by atoms with E-state index < -0.39 is 0 Å². The van der Waals surface area contributed by atoms with Crippen LogP contribution < -0.4 is 20.1 Å². The van der Waals surface area contributed by atoms with Crippen LogP contribution in [0.5, 0.6) is 11.5 Å². The van der Waals surface area contributed by atoms with E-state index in [9.17, 15) is 0 Å². The second-order valence-electron chi connectivity index (χ2n) is 7.09. The van der Waals surface area contributed by atoms with E-state index in [0.29, 0.717) is 23.5 Å². The van der Waals surface area contributed by atoms with Crippen molar-refractivity contribution < 1.29 is 9.47 Å². The van der Waals surface area contributed by atoms with Crippen molar-refractivity contribution in [2.24, 2.45) is 0 Å². The number of hydrogen-bond acceptors (Lipinski definition) is 6. The van der Waals surface area contributed by atoms with E-state index in [1.165, 1.54) is 32.1 Å². The van der Waals surface area contributed by atoms with Gasteiger partial charge in [0.05, 0.1) is 19.7 Å². The first-order valence-electron chi connectivity index (χ1n) is 9.79. The lowest BCUT2D eigenvalue weighted by molar-refractivity contribution is 0.355. The highest BCUT2D eigenvalue weighted by Gasteiger charge is 2.16. The normalized spacial score (nSPS) is 14.6. The molecule has 1 aromatic heterocycles. The van der Waals surface area contributed by atoms with E-state index in [-0.39, 0.29) is 0 Å². The molecule has 0 bridgehead atoms. The van der Waals surface area contributed by atoms with Crippen LogP contribution in [0.3, 0.4) is 0 Å². The lowest BCUT2D eigenvalue weighted by atomic mass is 9.95. The van der Waals surface area contributed by atoms with Gasteiger partial charge in [-0.15, -0.1) is 0 Å². The highest BCUT2D eigenvalue weighted by molar-refractivity contribution is 5.90. The molecule has 0 aliphatic heterocycles. The molecule has 2 N–H and O–H groups in total. The second kappa shape index (κ2) is 8.33. The van der Waals surface area contributed by atoms with Crippen LogP contribution in [0.25, 0.3) is 10.9 Å². The molecule has 28 heavy (non-hydrogen) atoms. The first-order chi connectivity index (χ1) is 13.8. The predicted molar refractivity (Wildman–Crippen MR) is 113 cm³/mol. The smallest absolute Gasteiger partial charge is 0.229 e. The summed E-state index contributed by atoms with van der Waals surface area (Å²) in [6.45, 7) is 0. The molecule has 1 heterocycles. The minimum atomic E-state index is 0.473. The third-order valence-corrected chi connectivity index (χ3v) is 5.19. The predicted octanol–water partition coefficient (Wildman–Crippen LogP) is 5.14. The Morgan fingerprint density at radius 3 is 2.46 bits per heavy atom. The number of methoxy groups -OCH3 is 2. The van der Waals surface area contributed by atoms with Crippen LogP contribution in [0, 0.1) is 0 Å². The third kappa shape index (κ3) is 3.96. The number of anilines is 3. The number of aromatic nitrogens is 2. The molecule has 6 nitrogen and oxygen atoms in total. The van der Waals surface area contributed by atoms with Crippen molar-refractivity contribution in [1.29, 1.82) is 0 Å². The molecule has 4 rings (SSSR count). The highest BCUT2D eigenvalue weighted by atomic mass is 16.5. The molecule has 3 aromatic rings. The van der Waals surface area contributed by atoms with Gasteiger partial charge in [-0.1, -0.05) is 31.4 Å². The average molecular weight is 378 g/mol. The molecule has 1 fully saturated rings. The van der Waals surface area contributed by atoms with Crippen molar-refractivity contribution in [2.45, 2.75) is 38.1 Å². The van der Waals surface area contributed by atoms with Crippen molar-refractivity contribution >= 4 is 28.4 Å². The van der Waals surface area contributed by atoms with Crippen molar-refractivity contribution in [2.75, 3.05) is 24.9 Å². The molecule has 2 aromatic carbocycles. The molecule has 0 radical (unpaired) electrons. The summed E-state index contributed by atoms with van der Waals surface area (Å²) in [6, 6.07) is 14.3. The lowest BCUT2D eigenvalue weighted by Crippen LogP contribution is -2.23. The van der Waals surface area contributed by atoms with E-state index in [0.717, 1.165) is 22.4 Å². The summed E-state index contributed by atoms with van der Waals surface area (Å²) in [7, 11) is 3.25. The van der Waals surface area contributed by atoms with Gasteiger partial charge in [-0.05, 0) is 37.1 Å². The van der Waals surface area contributed by atoms with Gasteiger partial charge in [0, 0.05) is 23.2 Å². The zero-order chi connectivity index (χ0) is 19.3. The maximum Gasteiger partial charge on any atom is 0.229 e. The van der Waals surface area contributed by atoms with Crippen molar-refractivity contribution in [3.8, 4) is 11.5 Å². The van der Waals surface area contributed by atoms with Crippen molar-refractivity contribution in [3.05, 3.63) is 42.5 Å². The van der Waals surface area contributed by atoms with Crippen LogP contribution in [0.2, 0.25) is 0 Å². The minimum absolute atomic E-state index is 0.473. The molecule has 0 atom stereocenters. The summed E-state index contributed by atoms with van der Waals surface area (Å²) in [5.41, 5.74) is 1.76. The highest BCUT2D eigenvalue weighted by Crippen LogP contribution is 2.32. The first kappa shape index (κ1) is 18.3. The number of nitrogens with one attached hydrogen (secondary N) is 2. The Morgan fingerprint density at radius 1 is 0.893 bits per heavy atom. The molecule has 0 unspecified atom stereocenters. The zero-order valence-corrected chi connectivity index (χ0v) is 16.4. The monoisotopic (exact) mass is 378 g/mol. The number of para-hydroxylation sites is 1. The van der Waals surface area contributed by atoms with Crippen molar-refractivity contribution in [1.82, 2.24) is 9.97 Å². The third-order valence-electron chi connectivity index (χ3n) is 5.19. The summed E-state index contributed by atoms with van der Waals surface area (Å²) in [6.07, 6.45) is 6.26. The minimum Gasteiger partial charge on any atom is -0.493 e. The number of rotatable bonds is 6. The van der Waals surface area contributed by atoms with Crippen LogP contribution in [0.15, 0.2) is 42.5 Å². The summed E-state index contributed by atoms with van der Waals surface area (Å²) >= 11 is 0. The fourth-order valence-electron chi connectivity index (χ4n) is 3.73. The van der Waals surface area contributed by atoms with E-state index in [1.807, 2.05) is 36.4 Å². The fourth-order valence-corrected chi connectivity index (χ4v) is 3.73. The van der Waals surface area contributed by atoms with E-state index in [2.05, 4.69) is 21.7 Å². The number of ether oxygens (including phenoxy) is 2. The van der Waals surface area contributed by atoms with Crippen LogP contribution in [-0.2, 0) is 0 Å². The molecule has 1 aliphatic rings. The van der Waals surface area contributed by atoms with Gasteiger partial charge in [-0.3, -0.25) is 0 Å². The number of benzene rings is 2. The van der Waals surface area contributed by atoms with Gasteiger partial charge in [0.25, 0.3) is 0 Å². The fraction of sp³-hybridized carbons (Fsp3) is 0.364. The topological polar surface area (TPSA) is 68.3 Å². The summed E-state index contributed by atoms with van der Waals surface area (Å²) in [5.74, 6) is 2.80. The van der Waals surface area contributed by atoms with Crippen molar-refractivity contribution in [3.63, 3.8) is 0 Å². The van der Waals surface area contributed by atoms with Crippen LogP contribution in [-0.4, -0.2) is 30.2 Å². The molecule has 0 spiro atoms. The average Bonchev–Trinajstić information content (AvgIpc) is 2.74. The van der Waals surface area contributed by atoms with Gasteiger partial charge in [0.2, 0.25) is 5.95 Å². The lowest BCUT2D eigenvalue weighted by Gasteiger charge is -2.24. The largest absolute Gasteiger partial charge is 0.493 e. The Balaban J connectivity index is 1.65. The van der Waals surface area contributed by atoms with Crippen LogP contribution >= 0.6 is 0 Å². The van der Waals surface area contributed by atoms with Gasteiger partial charge in [0.1, 0.15) is 5.82 Å². The Morgan fingerprint density at radius 2 is 1.68 bits per heavy atom. The van der Waals surface area contributed by atoms with Gasteiger partial charge in [0.15, 0.2) is 11.5 Å². The molecule has 146 valence electrons. The maximum absolute atomic E-state index is 5.39. The number of nitrogens with zero attached hydrogens (tertiary/aromatic N) is 2. The standard InChI is InChI=1S/C22H26N4O2/c1-27-19-13-12-16(14-20(19)28-2)24-22-25-18-11-7-6-10-17(18)21(26-22)23-15-8-4-3-5-9-15/h6-7,10-15H,3-5,8-9H2,1-2H3,(H2,23,24,25,26). The first-order valence-corrected chi connectivity index (χ1v) is 9.79. The molecule has 1 saturated carbocycles. The van der Waals surface area contributed by atoms with E-state index in [4.69, 9.17) is 14.5 Å². The van der Waals surface area contributed by atoms with Gasteiger partial charge < -0.3 is 20.1 Å². The quantitative estimate of drug-likeness (QED) is 0.619. The van der Waals surface area contributed by atoms with Gasteiger partial charge in [-0.25, -0.2) is 4.98 Å². The summed E-state index contributed by atoms with van der Waals surface area (Å²) < 4.78 is 10.7. The number of hydrogen-bond donors (Lipinski definition) is 2. The number of fused-ring (bicyclic) bond motifs is 1. The summed E-state index contributed by atoms with van der Waals surface area (Å²) in [4.78, 5) is 9.47. The molecule has 6 heteroatoms. The van der Waals surface area contributed by atoms with E-state index >= 15 is 0 Å². The summed E-state index contributed by atoms with van der Waals surface area (Å²) in [5, 5.41) is 8.00. The Labute approximate surface area is 165 Å². The molecule has 0 saturated heterocycles. The van der Waals surface area contributed by atoms with E-state index in [1.54, 1.807) is 14.2 Å². The zero-order valence-electron chi connectivity index (χ0n) is 16.4. The molecule has 1 aliphatic carbocycles. The second-order valence-corrected chi connectivity index (χ2v) is 7.09. The maximum atomic E-state index is 5.39. The SMILES string of the molecule is COc1ccc(Nc2nc(NC3CCCCC3)c3ccccc3n2)cc1OC. The van der Waals surface area contributed by atoms with Crippen LogP contribution in [0.4, 0.5) is 17.5 Å². The Bertz CT molecular complexity index is 954. The molecular weight excluding hydrogens is 352 g/mol. The Hall–Kier alpha value is -3.02. The van der Waals surface area contributed by atoms with Gasteiger partial charge >= 0.3 is 0 Å².